The van der Waals surface area contributed by atoms with E-state index in [0.29, 0.717) is 23.3 Å². The number of thiophene rings is 1. The van der Waals surface area contributed by atoms with Gasteiger partial charge in [-0.3, -0.25) is 14.2 Å². The number of aromatic nitrogens is 3. The molecule has 4 heterocycles. The van der Waals surface area contributed by atoms with Gasteiger partial charge in [0.25, 0.3) is 5.56 Å². The molecule has 1 saturated heterocycles. The minimum Gasteiger partial charge on any atom is -0.353 e. The van der Waals surface area contributed by atoms with Crippen molar-refractivity contribution < 1.29 is 4.79 Å². The SMILES string of the molecule is O=C(Cn1cnc2scc(-c3ccccc3)c2c1=O)N1CCN(c2ccccn2)CC1. The summed E-state index contributed by atoms with van der Waals surface area (Å²) in [6.45, 7) is 2.64. The van der Waals surface area contributed by atoms with Crippen LogP contribution in [-0.4, -0.2) is 51.5 Å². The Morgan fingerprint density at radius 3 is 2.48 bits per heavy atom. The lowest BCUT2D eigenvalue weighted by Gasteiger charge is -2.35. The summed E-state index contributed by atoms with van der Waals surface area (Å²) in [6.07, 6.45) is 3.26. The third-order valence-corrected chi connectivity index (χ3v) is 6.44. The van der Waals surface area contributed by atoms with Gasteiger partial charge in [0.05, 0.1) is 11.7 Å². The summed E-state index contributed by atoms with van der Waals surface area (Å²) in [5.41, 5.74) is 1.66. The van der Waals surface area contributed by atoms with Crippen molar-refractivity contribution in [2.75, 3.05) is 31.1 Å². The van der Waals surface area contributed by atoms with E-state index in [1.54, 1.807) is 6.20 Å². The van der Waals surface area contributed by atoms with Crippen molar-refractivity contribution in [2.45, 2.75) is 6.54 Å². The highest BCUT2D eigenvalue weighted by molar-refractivity contribution is 7.17. The summed E-state index contributed by atoms with van der Waals surface area (Å²) >= 11 is 1.45. The normalized spacial score (nSPS) is 14.2. The van der Waals surface area contributed by atoms with Gasteiger partial charge in [-0.2, -0.15) is 0 Å². The first-order valence-electron chi connectivity index (χ1n) is 10.2. The quantitative estimate of drug-likeness (QED) is 0.497. The average molecular weight is 432 g/mol. The lowest BCUT2D eigenvalue weighted by atomic mass is 10.1. The van der Waals surface area contributed by atoms with Crippen molar-refractivity contribution in [3.8, 4) is 11.1 Å². The van der Waals surface area contributed by atoms with E-state index in [-0.39, 0.29) is 18.0 Å². The minimum absolute atomic E-state index is 0.00453. The van der Waals surface area contributed by atoms with Gasteiger partial charge < -0.3 is 9.80 Å². The molecule has 8 heteroatoms. The molecule has 1 aliphatic heterocycles. The standard InChI is InChI=1S/C23H21N5O2S/c29-20(27-12-10-26(11-13-27)19-8-4-5-9-24-19)14-28-16-25-22-21(23(28)30)18(15-31-22)17-6-2-1-3-7-17/h1-9,15-16H,10-14H2. The third kappa shape index (κ3) is 3.82. The first kappa shape index (κ1) is 19.4. The van der Waals surface area contributed by atoms with Gasteiger partial charge in [0.1, 0.15) is 17.2 Å². The first-order valence-corrected chi connectivity index (χ1v) is 11.0. The van der Waals surface area contributed by atoms with Crippen LogP contribution in [0.2, 0.25) is 0 Å². The Hall–Kier alpha value is -3.52. The first-order chi connectivity index (χ1) is 15.2. The Balaban J connectivity index is 1.33. The van der Waals surface area contributed by atoms with E-state index in [4.69, 9.17) is 0 Å². The average Bonchev–Trinajstić information content (AvgIpc) is 3.27. The number of piperazine rings is 1. The second kappa shape index (κ2) is 8.31. The third-order valence-electron chi connectivity index (χ3n) is 5.56. The lowest BCUT2D eigenvalue weighted by Crippen LogP contribution is -2.50. The molecule has 31 heavy (non-hydrogen) atoms. The summed E-state index contributed by atoms with van der Waals surface area (Å²) in [5.74, 6) is 0.854. The molecular formula is C23H21N5O2S. The van der Waals surface area contributed by atoms with E-state index < -0.39 is 0 Å². The molecule has 0 radical (unpaired) electrons. The number of carbonyl (C=O) groups is 1. The number of pyridine rings is 1. The zero-order chi connectivity index (χ0) is 21.2. The van der Waals surface area contributed by atoms with Crippen LogP contribution < -0.4 is 10.5 Å². The van der Waals surface area contributed by atoms with E-state index in [9.17, 15) is 9.59 Å². The van der Waals surface area contributed by atoms with Crippen molar-refractivity contribution in [2.24, 2.45) is 0 Å². The van der Waals surface area contributed by atoms with E-state index in [2.05, 4.69) is 14.9 Å². The van der Waals surface area contributed by atoms with Crippen molar-refractivity contribution in [3.05, 3.63) is 76.8 Å². The molecule has 1 aliphatic rings. The van der Waals surface area contributed by atoms with Crippen molar-refractivity contribution in [3.63, 3.8) is 0 Å². The molecule has 1 amide bonds. The van der Waals surface area contributed by atoms with Crippen LogP contribution in [0.1, 0.15) is 0 Å². The Morgan fingerprint density at radius 2 is 1.74 bits per heavy atom. The van der Waals surface area contributed by atoms with E-state index >= 15 is 0 Å². The number of rotatable bonds is 4. The Kier molecular flexibility index (Phi) is 5.21. The molecule has 156 valence electrons. The number of anilines is 1. The zero-order valence-electron chi connectivity index (χ0n) is 16.8. The van der Waals surface area contributed by atoms with Crippen molar-refractivity contribution in [1.82, 2.24) is 19.4 Å². The molecule has 1 fully saturated rings. The minimum atomic E-state index is -0.175. The fourth-order valence-corrected chi connectivity index (χ4v) is 4.79. The molecule has 0 saturated carbocycles. The Labute approximate surface area is 183 Å². The topological polar surface area (TPSA) is 71.3 Å². The van der Waals surface area contributed by atoms with Crippen LogP contribution in [0.5, 0.6) is 0 Å². The van der Waals surface area contributed by atoms with Gasteiger partial charge in [-0.15, -0.1) is 11.3 Å². The molecule has 5 rings (SSSR count). The molecule has 7 nitrogen and oxygen atoms in total. The predicted octanol–water partition coefficient (Wildman–Crippen LogP) is 2.87. The molecule has 0 N–H and O–H groups in total. The molecular weight excluding hydrogens is 410 g/mol. The monoisotopic (exact) mass is 431 g/mol. The fraction of sp³-hybridized carbons (Fsp3) is 0.217. The second-order valence-electron chi connectivity index (χ2n) is 7.43. The molecule has 1 aromatic carbocycles. The highest BCUT2D eigenvalue weighted by Crippen LogP contribution is 2.30. The number of fused-ring (bicyclic) bond motifs is 1. The maximum absolute atomic E-state index is 13.2. The van der Waals surface area contributed by atoms with Crippen LogP contribution in [0.15, 0.2) is 71.2 Å². The van der Waals surface area contributed by atoms with Gasteiger partial charge in [0.15, 0.2) is 0 Å². The van der Waals surface area contributed by atoms with Gasteiger partial charge in [0, 0.05) is 43.3 Å². The predicted molar refractivity (Wildman–Crippen MR) is 122 cm³/mol. The summed E-state index contributed by atoms with van der Waals surface area (Å²) in [4.78, 5) is 39.6. The van der Waals surface area contributed by atoms with Crippen molar-refractivity contribution in [1.29, 1.82) is 0 Å². The number of nitrogens with zero attached hydrogens (tertiary/aromatic N) is 5. The van der Waals surface area contributed by atoms with Crippen LogP contribution in [0, 0.1) is 0 Å². The van der Waals surface area contributed by atoms with Crippen molar-refractivity contribution >= 4 is 33.3 Å². The van der Waals surface area contributed by atoms with Gasteiger partial charge >= 0.3 is 0 Å². The number of hydrogen-bond donors (Lipinski definition) is 0. The molecule has 3 aromatic heterocycles. The molecule has 0 bridgehead atoms. The maximum Gasteiger partial charge on any atom is 0.263 e. The van der Waals surface area contributed by atoms with Crippen LogP contribution >= 0.6 is 11.3 Å². The zero-order valence-corrected chi connectivity index (χ0v) is 17.7. The Bertz CT molecular complexity index is 1260. The van der Waals surface area contributed by atoms with E-state index in [1.807, 2.05) is 58.8 Å². The van der Waals surface area contributed by atoms with Gasteiger partial charge in [0.2, 0.25) is 5.91 Å². The summed E-state index contributed by atoms with van der Waals surface area (Å²) < 4.78 is 1.43. The van der Waals surface area contributed by atoms with E-state index in [0.717, 1.165) is 30.0 Å². The molecule has 0 spiro atoms. The number of carbonyl (C=O) groups excluding carboxylic acids is 1. The largest absolute Gasteiger partial charge is 0.353 e. The van der Waals surface area contributed by atoms with Crippen LogP contribution in [0.4, 0.5) is 5.82 Å². The smallest absolute Gasteiger partial charge is 0.263 e. The summed E-state index contributed by atoms with van der Waals surface area (Å²) in [6, 6.07) is 15.6. The number of benzene rings is 1. The maximum atomic E-state index is 13.2. The summed E-state index contributed by atoms with van der Waals surface area (Å²) in [7, 11) is 0. The second-order valence-corrected chi connectivity index (χ2v) is 8.29. The van der Waals surface area contributed by atoms with Gasteiger partial charge in [-0.25, -0.2) is 9.97 Å². The Morgan fingerprint density at radius 1 is 0.968 bits per heavy atom. The number of amides is 1. The lowest BCUT2D eigenvalue weighted by molar-refractivity contribution is -0.132. The van der Waals surface area contributed by atoms with Crippen LogP contribution in [0.25, 0.3) is 21.3 Å². The van der Waals surface area contributed by atoms with Gasteiger partial charge in [-0.1, -0.05) is 36.4 Å². The van der Waals surface area contributed by atoms with Crippen LogP contribution in [0.3, 0.4) is 0 Å². The number of hydrogen-bond acceptors (Lipinski definition) is 6. The highest BCUT2D eigenvalue weighted by Gasteiger charge is 2.23. The highest BCUT2D eigenvalue weighted by atomic mass is 32.1. The van der Waals surface area contributed by atoms with E-state index in [1.165, 1.54) is 22.2 Å². The molecule has 0 aliphatic carbocycles. The molecule has 0 atom stereocenters. The summed E-state index contributed by atoms with van der Waals surface area (Å²) in [5, 5.41) is 2.53. The molecule has 0 unspecified atom stereocenters. The molecule has 4 aromatic rings. The fourth-order valence-electron chi connectivity index (χ4n) is 3.88. The van der Waals surface area contributed by atoms with Gasteiger partial charge in [-0.05, 0) is 17.7 Å². The van der Waals surface area contributed by atoms with Crippen LogP contribution in [-0.2, 0) is 11.3 Å².